The predicted molar refractivity (Wildman–Crippen MR) is 90.9 cm³/mol. The maximum atomic E-state index is 6.47. The van der Waals surface area contributed by atoms with Crippen LogP contribution in [0.3, 0.4) is 0 Å². The SMILES string of the molecule is CC(C)(C)CC12CC3CC(C1)C(Oc1ccccc1)C(C3)C2. The van der Waals surface area contributed by atoms with Gasteiger partial charge in [-0.25, -0.2) is 0 Å². The van der Waals surface area contributed by atoms with Gasteiger partial charge in [0.05, 0.1) is 0 Å². The maximum Gasteiger partial charge on any atom is 0.119 e. The predicted octanol–water partition coefficient (Wildman–Crippen LogP) is 5.70. The fourth-order valence-electron chi connectivity index (χ4n) is 6.34. The van der Waals surface area contributed by atoms with Crippen LogP contribution in [-0.2, 0) is 0 Å². The first-order valence-electron chi connectivity index (χ1n) is 9.14. The van der Waals surface area contributed by atoms with Crippen LogP contribution in [-0.4, -0.2) is 6.10 Å². The van der Waals surface area contributed by atoms with Gasteiger partial charge in [-0.1, -0.05) is 39.0 Å². The summed E-state index contributed by atoms with van der Waals surface area (Å²) in [5, 5.41) is 0. The topological polar surface area (TPSA) is 9.23 Å². The summed E-state index contributed by atoms with van der Waals surface area (Å²) in [5.41, 5.74) is 1.09. The summed E-state index contributed by atoms with van der Waals surface area (Å²) in [4.78, 5) is 0. The molecular weight excluding hydrogens is 268 g/mol. The standard InChI is InChI=1S/C21H30O/c1-20(2,3)14-21-11-15-9-16(12-21)19(17(10-15)13-21)22-18-7-5-4-6-8-18/h4-8,15-17,19H,9-14H2,1-3H3. The maximum absolute atomic E-state index is 6.47. The highest BCUT2D eigenvalue weighted by Gasteiger charge is 2.56. The van der Waals surface area contributed by atoms with Crippen molar-refractivity contribution in [1.29, 1.82) is 0 Å². The molecule has 5 rings (SSSR count). The molecule has 2 atom stereocenters. The number of hydrogen-bond acceptors (Lipinski definition) is 1. The van der Waals surface area contributed by atoms with E-state index in [0.717, 1.165) is 23.5 Å². The summed E-state index contributed by atoms with van der Waals surface area (Å²) in [6.07, 6.45) is 9.03. The van der Waals surface area contributed by atoms with Crippen molar-refractivity contribution in [2.45, 2.75) is 65.4 Å². The highest BCUT2D eigenvalue weighted by Crippen LogP contribution is 2.63. The van der Waals surface area contributed by atoms with Crippen molar-refractivity contribution in [3.63, 3.8) is 0 Å². The van der Waals surface area contributed by atoms with Crippen molar-refractivity contribution in [2.75, 3.05) is 0 Å². The molecule has 2 unspecified atom stereocenters. The Hall–Kier alpha value is -0.980. The third kappa shape index (κ3) is 2.68. The molecule has 0 radical (unpaired) electrons. The van der Waals surface area contributed by atoms with Gasteiger partial charge < -0.3 is 4.74 Å². The van der Waals surface area contributed by atoms with Crippen molar-refractivity contribution >= 4 is 0 Å². The Morgan fingerprint density at radius 1 is 1.00 bits per heavy atom. The monoisotopic (exact) mass is 298 g/mol. The molecule has 1 nitrogen and oxygen atoms in total. The Bertz CT molecular complexity index is 511. The fourth-order valence-corrected chi connectivity index (χ4v) is 6.34. The molecular formula is C21H30O. The van der Waals surface area contributed by atoms with E-state index < -0.39 is 0 Å². The lowest BCUT2D eigenvalue weighted by Crippen LogP contribution is -2.56. The molecule has 1 aromatic rings. The summed E-state index contributed by atoms with van der Waals surface area (Å²) in [7, 11) is 0. The number of benzene rings is 1. The fraction of sp³-hybridized carbons (Fsp3) is 0.714. The van der Waals surface area contributed by atoms with Crippen molar-refractivity contribution in [3.05, 3.63) is 30.3 Å². The molecule has 0 spiro atoms. The second kappa shape index (κ2) is 5.01. The lowest BCUT2D eigenvalue weighted by atomic mass is 9.46. The zero-order chi connectivity index (χ0) is 15.4. The second-order valence-electron chi connectivity index (χ2n) is 9.60. The summed E-state index contributed by atoms with van der Waals surface area (Å²) < 4.78 is 6.47. The van der Waals surface area contributed by atoms with Gasteiger partial charge in [0.15, 0.2) is 0 Å². The molecule has 22 heavy (non-hydrogen) atoms. The van der Waals surface area contributed by atoms with E-state index in [1.54, 1.807) is 0 Å². The minimum atomic E-state index is 0.460. The molecule has 120 valence electrons. The Balaban J connectivity index is 1.53. The van der Waals surface area contributed by atoms with E-state index >= 15 is 0 Å². The molecule has 0 aromatic heterocycles. The number of ether oxygens (including phenoxy) is 1. The van der Waals surface area contributed by atoms with Crippen LogP contribution in [0.25, 0.3) is 0 Å². The van der Waals surface area contributed by atoms with Gasteiger partial charge in [-0.05, 0) is 79.2 Å². The van der Waals surface area contributed by atoms with Gasteiger partial charge in [-0.2, -0.15) is 0 Å². The Kier molecular flexibility index (Phi) is 3.33. The normalized spacial score (nSPS) is 40.0. The van der Waals surface area contributed by atoms with Crippen LogP contribution in [0.15, 0.2) is 30.3 Å². The summed E-state index contributed by atoms with van der Waals surface area (Å²) >= 11 is 0. The Morgan fingerprint density at radius 2 is 1.64 bits per heavy atom. The van der Waals surface area contributed by atoms with Crippen molar-refractivity contribution in [1.82, 2.24) is 0 Å². The molecule has 0 heterocycles. The van der Waals surface area contributed by atoms with E-state index in [1.807, 2.05) is 0 Å². The molecule has 1 heteroatoms. The third-order valence-corrected chi connectivity index (χ3v) is 6.23. The zero-order valence-corrected chi connectivity index (χ0v) is 14.3. The summed E-state index contributed by atoms with van der Waals surface area (Å²) in [6.45, 7) is 7.26. The third-order valence-electron chi connectivity index (χ3n) is 6.23. The van der Waals surface area contributed by atoms with Crippen LogP contribution >= 0.6 is 0 Å². The van der Waals surface area contributed by atoms with E-state index in [0.29, 0.717) is 16.9 Å². The first-order valence-corrected chi connectivity index (χ1v) is 9.14. The highest BCUT2D eigenvalue weighted by atomic mass is 16.5. The lowest BCUT2D eigenvalue weighted by molar-refractivity contribution is -0.135. The van der Waals surface area contributed by atoms with Gasteiger partial charge in [-0.3, -0.25) is 0 Å². The van der Waals surface area contributed by atoms with Crippen LogP contribution in [0.5, 0.6) is 5.75 Å². The van der Waals surface area contributed by atoms with Crippen LogP contribution in [0.4, 0.5) is 0 Å². The summed E-state index contributed by atoms with van der Waals surface area (Å²) in [6, 6.07) is 10.5. The second-order valence-corrected chi connectivity index (χ2v) is 9.60. The van der Waals surface area contributed by atoms with E-state index in [9.17, 15) is 0 Å². The van der Waals surface area contributed by atoms with E-state index in [1.165, 1.54) is 38.5 Å². The smallest absolute Gasteiger partial charge is 0.119 e. The Labute approximate surface area is 135 Å². The van der Waals surface area contributed by atoms with E-state index in [4.69, 9.17) is 4.74 Å². The molecule has 4 fully saturated rings. The lowest BCUT2D eigenvalue weighted by Gasteiger charge is -2.61. The quantitative estimate of drug-likeness (QED) is 0.696. The highest BCUT2D eigenvalue weighted by molar-refractivity contribution is 5.22. The van der Waals surface area contributed by atoms with Gasteiger partial charge in [0.2, 0.25) is 0 Å². The van der Waals surface area contributed by atoms with Crippen LogP contribution < -0.4 is 4.74 Å². The van der Waals surface area contributed by atoms with E-state index in [-0.39, 0.29) is 0 Å². The largest absolute Gasteiger partial charge is 0.490 e. The minimum absolute atomic E-state index is 0.460. The van der Waals surface area contributed by atoms with Crippen LogP contribution in [0, 0.1) is 28.6 Å². The number of rotatable bonds is 3. The van der Waals surface area contributed by atoms with Gasteiger partial charge >= 0.3 is 0 Å². The molecule has 4 bridgehead atoms. The van der Waals surface area contributed by atoms with Gasteiger partial charge in [0.25, 0.3) is 0 Å². The average Bonchev–Trinajstić information content (AvgIpc) is 2.40. The van der Waals surface area contributed by atoms with Crippen LogP contribution in [0.1, 0.15) is 59.3 Å². The van der Waals surface area contributed by atoms with Crippen molar-refractivity contribution < 1.29 is 4.74 Å². The molecule has 1 aromatic carbocycles. The molecule has 0 saturated heterocycles. The molecule has 0 amide bonds. The first kappa shape index (κ1) is 14.6. The zero-order valence-electron chi connectivity index (χ0n) is 14.3. The minimum Gasteiger partial charge on any atom is -0.490 e. The molecule has 0 aliphatic heterocycles. The number of hydrogen-bond donors (Lipinski definition) is 0. The van der Waals surface area contributed by atoms with Gasteiger partial charge in [0.1, 0.15) is 11.9 Å². The van der Waals surface area contributed by atoms with Gasteiger partial charge in [-0.15, -0.1) is 0 Å². The molecule has 4 aliphatic carbocycles. The molecule has 4 saturated carbocycles. The molecule has 4 aliphatic rings. The molecule has 0 N–H and O–H groups in total. The number of para-hydroxylation sites is 1. The summed E-state index contributed by atoms with van der Waals surface area (Å²) in [5.74, 6) is 3.66. The Morgan fingerprint density at radius 3 is 2.23 bits per heavy atom. The van der Waals surface area contributed by atoms with Crippen molar-refractivity contribution in [3.8, 4) is 5.75 Å². The van der Waals surface area contributed by atoms with Crippen LogP contribution in [0.2, 0.25) is 0 Å². The van der Waals surface area contributed by atoms with E-state index in [2.05, 4.69) is 51.1 Å². The first-order chi connectivity index (χ1) is 10.4. The van der Waals surface area contributed by atoms with Crippen molar-refractivity contribution in [2.24, 2.45) is 28.6 Å². The van der Waals surface area contributed by atoms with Gasteiger partial charge in [0, 0.05) is 0 Å². The average molecular weight is 298 g/mol.